The lowest BCUT2D eigenvalue weighted by molar-refractivity contribution is 0.0940. The van der Waals surface area contributed by atoms with Crippen LogP contribution in [-0.4, -0.2) is 28.5 Å². The lowest BCUT2D eigenvalue weighted by Gasteiger charge is -2.17. The predicted molar refractivity (Wildman–Crippen MR) is 124 cm³/mol. The lowest BCUT2D eigenvalue weighted by Crippen LogP contribution is -2.26. The molecule has 3 rings (SSSR count). The van der Waals surface area contributed by atoms with E-state index in [1.807, 2.05) is 19.9 Å². The normalized spacial score (nSPS) is 12.0. The van der Waals surface area contributed by atoms with Crippen LogP contribution in [0.5, 0.6) is 11.5 Å². The van der Waals surface area contributed by atoms with E-state index in [0.717, 1.165) is 11.1 Å². The van der Waals surface area contributed by atoms with Gasteiger partial charge in [0.05, 0.1) is 25.2 Å². The van der Waals surface area contributed by atoms with Crippen LogP contribution in [0.1, 0.15) is 34.5 Å². The fraction of sp³-hybridized carbons (Fsp3) is 0.208. The average molecular weight is 455 g/mol. The Labute approximate surface area is 188 Å². The van der Waals surface area contributed by atoms with Crippen molar-refractivity contribution < 1.29 is 22.7 Å². The first-order valence-corrected chi connectivity index (χ1v) is 11.4. The predicted octanol–water partition coefficient (Wildman–Crippen LogP) is 4.30. The van der Waals surface area contributed by atoms with E-state index < -0.39 is 10.0 Å². The summed E-state index contributed by atoms with van der Waals surface area (Å²) in [6.07, 6.45) is 0. The molecule has 1 unspecified atom stereocenters. The van der Waals surface area contributed by atoms with E-state index >= 15 is 0 Å². The maximum absolute atomic E-state index is 12.8. The van der Waals surface area contributed by atoms with Crippen molar-refractivity contribution >= 4 is 21.6 Å². The molecule has 0 heterocycles. The standard InChI is InChI=1S/C24H26N2O5S/c1-16-8-11-21(12-9-16)32(28,29)26-20-7-5-6-19(14-20)24(27)25-17(2)18-10-13-22(30-3)23(15-18)31-4/h5-15,17,26H,1-4H3,(H,25,27). The number of benzene rings is 3. The van der Waals surface area contributed by atoms with Gasteiger partial charge in [-0.15, -0.1) is 0 Å². The van der Waals surface area contributed by atoms with Crippen LogP contribution in [0.15, 0.2) is 71.6 Å². The number of aryl methyl sites for hydroxylation is 1. The highest BCUT2D eigenvalue weighted by atomic mass is 32.2. The molecule has 0 saturated carbocycles. The molecule has 2 N–H and O–H groups in total. The molecule has 7 nitrogen and oxygen atoms in total. The summed E-state index contributed by atoms with van der Waals surface area (Å²) in [5.74, 6) is 0.839. The van der Waals surface area contributed by atoms with Gasteiger partial charge in [-0.25, -0.2) is 8.42 Å². The zero-order chi connectivity index (χ0) is 23.3. The number of carbonyl (C=O) groups excluding carboxylic acids is 1. The van der Waals surface area contributed by atoms with E-state index in [0.29, 0.717) is 22.7 Å². The van der Waals surface area contributed by atoms with Gasteiger partial charge < -0.3 is 14.8 Å². The zero-order valence-corrected chi connectivity index (χ0v) is 19.2. The van der Waals surface area contributed by atoms with Crippen molar-refractivity contribution in [1.82, 2.24) is 5.32 Å². The summed E-state index contributed by atoms with van der Waals surface area (Å²) in [4.78, 5) is 12.9. The van der Waals surface area contributed by atoms with E-state index in [1.165, 1.54) is 6.07 Å². The number of amides is 1. The molecule has 0 radical (unpaired) electrons. The molecule has 1 atom stereocenters. The number of rotatable bonds is 8. The minimum Gasteiger partial charge on any atom is -0.493 e. The van der Waals surface area contributed by atoms with Gasteiger partial charge in [0.2, 0.25) is 0 Å². The molecule has 0 spiro atoms. The highest BCUT2D eigenvalue weighted by Crippen LogP contribution is 2.30. The minimum absolute atomic E-state index is 0.153. The van der Waals surface area contributed by atoms with Crippen molar-refractivity contribution in [3.63, 3.8) is 0 Å². The minimum atomic E-state index is -3.76. The second-order valence-electron chi connectivity index (χ2n) is 7.31. The second kappa shape index (κ2) is 9.74. The van der Waals surface area contributed by atoms with Gasteiger partial charge in [-0.2, -0.15) is 0 Å². The molecule has 168 valence electrons. The largest absolute Gasteiger partial charge is 0.493 e. The molecule has 0 saturated heterocycles. The number of ether oxygens (including phenoxy) is 2. The summed E-state index contributed by atoms with van der Waals surface area (Å²) in [5, 5.41) is 2.92. The third kappa shape index (κ3) is 5.39. The van der Waals surface area contributed by atoms with E-state index in [1.54, 1.807) is 68.8 Å². The van der Waals surface area contributed by atoms with Crippen LogP contribution in [0, 0.1) is 6.92 Å². The summed E-state index contributed by atoms with van der Waals surface area (Å²) >= 11 is 0. The fourth-order valence-electron chi connectivity index (χ4n) is 3.14. The van der Waals surface area contributed by atoms with Gasteiger partial charge in [-0.05, 0) is 61.9 Å². The summed E-state index contributed by atoms with van der Waals surface area (Å²) < 4.78 is 38.4. The van der Waals surface area contributed by atoms with Crippen LogP contribution >= 0.6 is 0 Å². The first-order chi connectivity index (χ1) is 15.2. The highest BCUT2D eigenvalue weighted by molar-refractivity contribution is 7.92. The number of nitrogens with one attached hydrogen (secondary N) is 2. The third-order valence-electron chi connectivity index (χ3n) is 4.96. The van der Waals surface area contributed by atoms with Crippen molar-refractivity contribution in [3.8, 4) is 11.5 Å². The highest BCUT2D eigenvalue weighted by Gasteiger charge is 2.17. The second-order valence-corrected chi connectivity index (χ2v) is 8.99. The Kier molecular flexibility index (Phi) is 7.05. The van der Waals surface area contributed by atoms with E-state index in [9.17, 15) is 13.2 Å². The molecule has 3 aromatic carbocycles. The van der Waals surface area contributed by atoms with Crippen LogP contribution in [0.25, 0.3) is 0 Å². The summed E-state index contributed by atoms with van der Waals surface area (Å²) in [6, 6.07) is 18.0. The summed E-state index contributed by atoms with van der Waals surface area (Å²) in [5.41, 5.74) is 2.44. The van der Waals surface area contributed by atoms with Gasteiger partial charge in [0.25, 0.3) is 15.9 Å². The monoisotopic (exact) mass is 454 g/mol. The first-order valence-electron chi connectivity index (χ1n) is 9.96. The molecule has 32 heavy (non-hydrogen) atoms. The van der Waals surface area contributed by atoms with Gasteiger partial charge >= 0.3 is 0 Å². The van der Waals surface area contributed by atoms with Crippen molar-refractivity contribution in [3.05, 3.63) is 83.4 Å². The Morgan fingerprint density at radius 2 is 1.59 bits per heavy atom. The maximum atomic E-state index is 12.8. The van der Waals surface area contributed by atoms with Crippen LogP contribution in [0.2, 0.25) is 0 Å². The Morgan fingerprint density at radius 1 is 0.906 bits per heavy atom. The summed E-state index contributed by atoms with van der Waals surface area (Å²) in [6.45, 7) is 3.73. The number of hydrogen-bond acceptors (Lipinski definition) is 5. The third-order valence-corrected chi connectivity index (χ3v) is 6.36. The average Bonchev–Trinajstić information content (AvgIpc) is 2.78. The number of carbonyl (C=O) groups is 1. The molecule has 0 aromatic heterocycles. The Balaban J connectivity index is 1.74. The van der Waals surface area contributed by atoms with E-state index in [-0.39, 0.29) is 16.8 Å². The number of hydrogen-bond donors (Lipinski definition) is 2. The van der Waals surface area contributed by atoms with Crippen molar-refractivity contribution in [2.75, 3.05) is 18.9 Å². The topological polar surface area (TPSA) is 93.7 Å². The molecule has 0 aliphatic carbocycles. The Hall–Kier alpha value is -3.52. The SMILES string of the molecule is COc1ccc(C(C)NC(=O)c2cccc(NS(=O)(=O)c3ccc(C)cc3)c2)cc1OC. The summed E-state index contributed by atoms with van der Waals surface area (Å²) in [7, 11) is -0.652. The van der Waals surface area contributed by atoms with Crippen molar-refractivity contribution in [1.29, 1.82) is 0 Å². The first kappa shape index (κ1) is 23.1. The van der Waals surface area contributed by atoms with Crippen LogP contribution in [0.3, 0.4) is 0 Å². The Morgan fingerprint density at radius 3 is 2.25 bits per heavy atom. The van der Waals surface area contributed by atoms with Crippen molar-refractivity contribution in [2.24, 2.45) is 0 Å². The van der Waals surface area contributed by atoms with E-state index in [4.69, 9.17) is 9.47 Å². The fourth-order valence-corrected chi connectivity index (χ4v) is 4.19. The number of anilines is 1. The van der Waals surface area contributed by atoms with Gasteiger partial charge in [0.15, 0.2) is 11.5 Å². The molecule has 1 amide bonds. The zero-order valence-electron chi connectivity index (χ0n) is 18.4. The maximum Gasteiger partial charge on any atom is 0.261 e. The van der Waals surface area contributed by atoms with Gasteiger partial charge in [-0.1, -0.05) is 29.8 Å². The molecule has 0 aliphatic rings. The Bertz CT molecular complexity index is 1210. The van der Waals surface area contributed by atoms with Crippen molar-refractivity contribution in [2.45, 2.75) is 24.8 Å². The quantitative estimate of drug-likeness (QED) is 0.529. The van der Waals surface area contributed by atoms with Gasteiger partial charge in [0.1, 0.15) is 0 Å². The van der Waals surface area contributed by atoms with Crippen LogP contribution in [0.4, 0.5) is 5.69 Å². The van der Waals surface area contributed by atoms with Crippen LogP contribution < -0.4 is 19.5 Å². The van der Waals surface area contributed by atoms with Crippen LogP contribution in [-0.2, 0) is 10.0 Å². The molecule has 0 aliphatic heterocycles. The number of methoxy groups -OCH3 is 2. The molecular formula is C24H26N2O5S. The van der Waals surface area contributed by atoms with Gasteiger partial charge in [-0.3, -0.25) is 9.52 Å². The van der Waals surface area contributed by atoms with Gasteiger partial charge in [0, 0.05) is 11.3 Å². The van der Waals surface area contributed by atoms with E-state index in [2.05, 4.69) is 10.0 Å². The smallest absolute Gasteiger partial charge is 0.261 e. The number of sulfonamides is 1. The molecular weight excluding hydrogens is 428 g/mol. The molecule has 3 aromatic rings. The molecule has 8 heteroatoms. The molecule has 0 bridgehead atoms. The lowest BCUT2D eigenvalue weighted by atomic mass is 10.1. The molecule has 0 fully saturated rings.